The van der Waals surface area contributed by atoms with Gasteiger partial charge < -0.3 is 10.4 Å². The molecule has 5 nitrogen and oxygen atoms in total. The molecule has 2 aromatic rings. The minimum atomic E-state index is -0.888. The van der Waals surface area contributed by atoms with Crippen LogP contribution in [-0.4, -0.2) is 21.3 Å². The molecule has 0 bridgehead atoms. The molecule has 2 heterocycles. The number of aromatic carboxylic acids is 1. The molecule has 17 heavy (non-hydrogen) atoms. The van der Waals surface area contributed by atoms with Crippen molar-refractivity contribution >= 4 is 17.3 Å². The highest BCUT2D eigenvalue weighted by Gasteiger charge is 2.05. The number of hydrogen-bond acceptors (Lipinski definition) is 5. The van der Waals surface area contributed by atoms with Crippen molar-refractivity contribution in [3.63, 3.8) is 0 Å². The second-order valence-electron chi connectivity index (χ2n) is 3.43. The van der Waals surface area contributed by atoms with Crippen molar-refractivity contribution in [2.45, 2.75) is 13.1 Å². The van der Waals surface area contributed by atoms with Crippen LogP contribution in [0, 0.1) is 0 Å². The van der Waals surface area contributed by atoms with Gasteiger partial charge in [-0.2, -0.15) is 10.2 Å². The molecule has 0 fully saturated rings. The fourth-order valence-corrected chi connectivity index (χ4v) is 2.15. The molecule has 0 amide bonds. The second kappa shape index (κ2) is 5.51. The van der Waals surface area contributed by atoms with Gasteiger partial charge in [-0.3, -0.25) is 0 Å². The topological polar surface area (TPSA) is 75.1 Å². The third-order valence-electron chi connectivity index (χ3n) is 2.13. The fraction of sp³-hybridized carbons (Fsp3) is 0.182. The number of carbonyl (C=O) groups is 1. The average molecular weight is 249 g/mol. The SMILES string of the molecule is O=C(O)c1csc(CNCc2cccnn2)c1. The quantitative estimate of drug-likeness (QED) is 0.840. The smallest absolute Gasteiger partial charge is 0.336 e. The first kappa shape index (κ1) is 11.7. The molecule has 0 aliphatic rings. The second-order valence-corrected chi connectivity index (χ2v) is 4.42. The highest BCUT2D eigenvalue weighted by molar-refractivity contribution is 7.10. The number of hydrogen-bond donors (Lipinski definition) is 2. The summed E-state index contributed by atoms with van der Waals surface area (Å²) in [4.78, 5) is 11.7. The van der Waals surface area contributed by atoms with Crippen molar-refractivity contribution in [3.05, 3.63) is 45.9 Å². The van der Waals surface area contributed by atoms with E-state index in [1.54, 1.807) is 17.6 Å². The number of rotatable bonds is 5. The molecule has 0 saturated carbocycles. The van der Waals surface area contributed by atoms with Gasteiger partial charge in [0.25, 0.3) is 0 Å². The molecule has 2 rings (SSSR count). The minimum absolute atomic E-state index is 0.339. The number of aromatic nitrogens is 2. The fourth-order valence-electron chi connectivity index (χ4n) is 1.33. The van der Waals surface area contributed by atoms with E-state index in [0.29, 0.717) is 18.7 Å². The van der Waals surface area contributed by atoms with E-state index in [1.165, 1.54) is 11.3 Å². The third-order valence-corrected chi connectivity index (χ3v) is 3.07. The Balaban J connectivity index is 1.84. The first-order valence-corrected chi connectivity index (χ1v) is 5.91. The van der Waals surface area contributed by atoms with Crippen molar-refractivity contribution in [1.29, 1.82) is 0 Å². The van der Waals surface area contributed by atoms with Gasteiger partial charge in [0.05, 0.1) is 11.3 Å². The third kappa shape index (κ3) is 3.33. The van der Waals surface area contributed by atoms with Gasteiger partial charge in [-0.15, -0.1) is 11.3 Å². The lowest BCUT2D eigenvalue weighted by atomic mass is 10.3. The number of nitrogens with zero attached hydrogens (tertiary/aromatic N) is 2. The van der Waals surface area contributed by atoms with Gasteiger partial charge in [-0.1, -0.05) is 0 Å². The van der Waals surface area contributed by atoms with Gasteiger partial charge in [0.15, 0.2) is 0 Å². The summed E-state index contributed by atoms with van der Waals surface area (Å²) in [6.45, 7) is 1.25. The molecule has 0 atom stereocenters. The minimum Gasteiger partial charge on any atom is -0.478 e. The monoisotopic (exact) mass is 249 g/mol. The summed E-state index contributed by atoms with van der Waals surface area (Å²) in [5.41, 5.74) is 1.20. The molecule has 0 aliphatic heterocycles. The van der Waals surface area contributed by atoms with Crippen molar-refractivity contribution in [2.24, 2.45) is 0 Å². The summed E-state index contributed by atoms with van der Waals surface area (Å²) in [6.07, 6.45) is 1.63. The summed E-state index contributed by atoms with van der Waals surface area (Å²) in [5.74, 6) is -0.888. The lowest BCUT2D eigenvalue weighted by molar-refractivity contribution is 0.0697. The Morgan fingerprint density at radius 2 is 2.35 bits per heavy atom. The zero-order valence-electron chi connectivity index (χ0n) is 8.96. The van der Waals surface area contributed by atoms with E-state index >= 15 is 0 Å². The molecule has 88 valence electrons. The van der Waals surface area contributed by atoms with E-state index in [2.05, 4.69) is 15.5 Å². The van der Waals surface area contributed by atoms with Crippen LogP contribution in [0.5, 0.6) is 0 Å². The van der Waals surface area contributed by atoms with E-state index in [4.69, 9.17) is 5.11 Å². The lowest BCUT2D eigenvalue weighted by Gasteiger charge is -2.00. The Morgan fingerprint density at radius 3 is 3.00 bits per heavy atom. The summed E-state index contributed by atoms with van der Waals surface area (Å²) in [5, 5.41) is 21.3. The van der Waals surface area contributed by atoms with Gasteiger partial charge in [0.2, 0.25) is 0 Å². The van der Waals surface area contributed by atoms with Crippen molar-refractivity contribution in [3.8, 4) is 0 Å². The Hall–Kier alpha value is -1.79. The molecule has 6 heteroatoms. The molecule has 0 radical (unpaired) electrons. The van der Waals surface area contributed by atoms with Crippen molar-refractivity contribution in [1.82, 2.24) is 15.5 Å². The summed E-state index contributed by atoms with van der Waals surface area (Å²) in [7, 11) is 0. The van der Waals surface area contributed by atoms with Crippen LogP contribution in [-0.2, 0) is 13.1 Å². The Bertz CT molecular complexity index is 498. The molecule has 2 N–H and O–H groups in total. The highest BCUT2D eigenvalue weighted by atomic mass is 32.1. The van der Waals surface area contributed by atoms with Crippen molar-refractivity contribution < 1.29 is 9.90 Å². The molecule has 2 aromatic heterocycles. The maximum absolute atomic E-state index is 10.7. The van der Waals surface area contributed by atoms with Gasteiger partial charge in [0.1, 0.15) is 0 Å². The first-order chi connectivity index (χ1) is 8.25. The summed E-state index contributed by atoms with van der Waals surface area (Å²) >= 11 is 1.43. The maximum Gasteiger partial charge on any atom is 0.336 e. The summed E-state index contributed by atoms with van der Waals surface area (Å²) < 4.78 is 0. The molecule has 0 spiro atoms. The normalized spacial score (nSPS) is 10.4. The standard InChI is InChI=1S/C11H11N3O2S/c15-11(16)8-4-10(17-7-8)6-12-5-9-2-1-3-13-14-9/h1-4,7,12H,5-6H2,(H,15,16). The van der Waals surface area contributed by atoms with Gasteiger partial charge >= 0.3 is 5.97 Å². The molecular weight excluding hydrogens is 238 g/mol. The zero-order valence-corrected chi connectivity index (χ0v) is 9.78. The van der Waals surface area contributed by atoms with Crippen LogP contribution in [0.2, 0.25) is 0 Å². The van der Waals surface area contributed by atoms with Crippen LogP contribution in [0.15, 0.2) is 29.8 Å². The molecule has 0 saturated heterocycles. The molecular formula is C11H11N3O2S. The number of carboxylic acid groups (broad SMARTS) is 1. The maximum atomic E-state index is 10.7. The van der Waals surface area contributed by atoms with Gasteiger partial charge in [-0.25, -0.2) is 4.79 Å². The summed E-state index contributed by atoms with van der Waals surface area (Å²) in [6, 6.07) is 5.39. The van der Waals surface area contributed by atoms with E-state index in [0.717, 1.165) is 10.6 Å². The first-order valence-electron chi connectivity index (χ1n) is 5.03. The van der Waals surface area contributed by atoms with Gasteiger partial charge in [-0.05, 0) is 18.2 Å². The van der Waals surface area contributed by atoms with Crippen LogP contribution in [0.25, 0.3) is 0 Å². The van der Waals surface area contributed by atoms with E-state index in [-0.39, 0.29) is 0 Å². The molecule has 0 unspecified atom stereocenters. The van der Waals surface area contributed by atoms with Crippen LogP contribution in [0.3, 0.4) is 0 Å². The average Bonchev–Trinajstić information content (AvgIpc) is 2.79. The van der Waals surface area contributed by atoms with Crippen LogP contribution in [0.4, 0.5) is 0 Å². The molecule has 0 aromatic carbocycles. The number of carboxylic acids is 1. The number of thiophene rings is 1. The molecule has 0 aliphatic carbocycles. The van der Waals surface area contributed by atoms with Crippen LogP contribution >= 0.6 is 11.3 Å². The largest absolute Gasteiger partial charge is 0.478 e. The Morgan fingerprint density at radius 1 is 1.47 bits per heavy atom. The van der Waals surface area contributed by atoms with Crippen LogP contribution in [0.1, 0.15) is 20.9 Å². The lowest BCUT2D eigenvalue weighted by Crippen LogP contribution is -2.13. The van der Waals surface area contributed by atoms with E-state index in [9.17, 15) is 4.79 Å². The van der Waals surface area contributed by atoms with Crippen LogP contribution < -0.4 is 5.32 Å². The predicted molar refractivity (Wildman–Crippen MR) is 63.9 cm³/mol. The zero-order chi connectivity index (χ0) is 12.1. The van der Waals surface area contributed by atoms with Crippen molar-refractivity contribution in [2.75, 3.05) is 0 Å². The predicted octanol–water partition coefficient (Wildman–Crippen LogP) is 1.53. The van der Waals surface area contributed by atoms with E-state index < -0.39 is 5.97 Å². The Kier molecular flexibility index (Phi) is 3.79. The Labute approximate surface area is 102 Å². The van der Waals surface area contributed by atoms with Gasteiger partial charge in [0, 0.05) is 29.5 Å². The number of nitrogens with one attached hydrogen (secondary N) is 1. The van der Waals surface area contributed by atoms with E-state index in [1.807, 2.05) is 12.1 Å². The highest BCUT2D eigenvalue weighted by Crippen LogP contribution is 2.14.